The van der Waals surface area contributed by atoms with Gasteiger partial charge in [-0.2, -0.15) is 0 Å². The second-order valence-electron chi connectivity index (χ2n) is 4.81. The maximum absolute atomic E-state index is 12.5. The fraction of sp³-hybridized carbons (Fsp3) is 0.176. The Hall–Kier alpha value is -1.95. The van der Waals surface area contributed by atoms with Crippen LogP contribution in [0.15, 0.2) is 58.3 Å². The molecule has 0 heterocycles. The first-order valence-electron chi connectivity index (χ1n) is 6.69. The SMILES string of the molecule is COC1(OC)C(=O)c2ccc(Sc3ccccc3)cc2C1=O. The fourth-order valence-electron chi connectivity index (χ4n) is 2.51. The molecule has 0 spiro atoms. The minimum Gasteiger partial charge on any atom is -0.341 e. The van der Waals surface area contributed by atoms with Crippen molar-refractivity contribution < 1.29 is 19.1 Å². The van der Waals surface area contributed by atoms with Crippen molar-refractivity contribution >= 4 is 23.3 Å². The van der Waals surface area contributed by atoms with Crippen molar-refractivity contribution in [2.24, 2.45) is 0 Å². The summed E-state index contributed by atoms with van der Waals surface area (Å²) in [5, 5.41) is 0. The van der Waals surface area contributed by atoms with Crippen molar-refractivity contribution in [3.63, 3.8) is 0 Å². The molecule has 0 amide bonds. The largest absolute Gasteiger partial charge is 0.341 e. The highest BCUT2D eigenvalue weighted by molar-refractivity contribution is 7.99. The van der Waals surface area contributed by atoms with Crippen LogP contribution in [0, 0.1) is 0 Å². The molecule has 2 aromatic carbocycles. The Kier molecular flexibility index (Phi) is 3.87. The van der Waals surface area contributed by atoms with E-state index in [1.165, 1.54) is 26.0 Å². The van der Waals surface area contributed by atoms with Crippen LogP contribution < -0.4 is 0 Å². The van der Waals surface area contributed by atoms with Gasteiger partial charge < -0.3 is 9.47 Å². The van der Waals surface area contributed by atoms with Gasteiger partial charge in [0, 0.05) is 35.1 Å². The van der Waals surface area contributed by atoms with Gasteiger partial charge in [0.2, 0.25) is 11.6 Å². The number of carbonyl (C=O) groups excluding carboxylic acids is 2. The Morgan fingerprint density at radius 2 is 1.45 bits per heavy atom. The summed E-state index contributed by atoms with van der Waals surface area (Å²) in [5.41, 5.74) is 0.681. The fourth-order valence-corrected chi connectivity index (χ4v) is 3.39. The van der Waals surface area contributed by atoms with Crippen LogP contribution in [-0.4, -0.2) is 31.6 Å². The molecule has 22 heavy (non-hydrogen) atoms. The minimum absolute atomic E-state index is 0.339. The molecule has 5 heteroatoms. The number of rotatable bonds is 4. The molecule has 3 rings (SSSR count). The molecule has 0 unspecified atom stereocenters. The average molecular weight is 314 g/mol. The predicted molar refractivity (Wildman–Crippen MR) is 82.4 cm³/mol. The van der Waals surface area contributed by atoms with E-state index in [0.717, 1.165) is 9.79 Å². The van der Waals surface area contributed by atoms with E-state index in [1.54, 1.807) is 12.1 Å². The second-order valence-corrected chi connectivity index (χ2v) is 5.95. The summed E-state index contributed by atoms with van der Waals surface area (Å²) in [7, 11) is 2.59. The smallest absolute Gasteiger partial charge is 0.299 e. The number of carbonyl (C=O) groups is 2. The van der Waals surface area contributed by atoms with Gasteiger partial charge >= 0.3 is 0 Å². The van der Waals surface area contributed by atoms with E-state index in [0.29, 0.717) is 11.1 Å². The van der Waals surface area contributed by atoms with Crippen LogP contribution in [0.25, 0.3) is 0 Å². The Balaban J connectivity index is 1.99. The standard InChI is InChI=1S/C17H14O4S/c1-20-17(21-2)15(18)13-9-8-12(10-14(13)16(17)19)22-11-6-4-3-5-7-11/h3-10H,1-2H3. The number of ketones is 2. The number of hydrogen-bond acceptors (Lipinski definition) is 5. The van der Waals surface area contributed by atoms with Gasteiger partial charge in [-0.15, -0.1) is 0 Å². The van der Waals surface area contributed by atoms with Crippen LogP contribution in [0.5, 0.6) is 0 Å². The third kappa shape index (κ3) is 2.18. The van der Waals surface area contributed by atoms with E-state index in [4.69, 9.17) is 9.47 Å². The number of ether oxygens (including phenoxy) is 2. The summed E-state index contributed by atoms with van der Waals surface area (Å²) in [6.07, 6.45) is 0. The lowest BCUT2D eigenvalue weighted by Gasteiger charge is -2.21. The highest BCUT2D eigenvalue weighted by atomic mass is 32.2. The Labute approximate surface area is 132 Å². The molecular weight excluding hydrogens is 300 g/mol. The number of hydrogen-bond donors (Lipinski definition) is 0. The Morgan fingerprint density at radius 3 is 2.09 bits per heavy atom. The van der Waals surface area contributed by atoms with Gasteiger partial charge in [-0.25, -0.2) is 0 Å². The molecular formula is C17H14O4S. The lowest BCUT2D eigenvalue weighted by Crippen LogP contribution is -2.45. The molecule has 2 aromatic rings. The lowest BCUT2D eigenvalue weighted by molar-refractivity contribution is -0.133. The highest BCUT2D eigenvalue weighted by Gasteiger charge is 2.54. The van der Waals surface area contributed by atoms with Crippen LogP contribution in [0.2, 0.25) is 0 Å². The number of methoxy groups -OCH3 is 2. The maximum atomic E-state index is 12.5. The molecule has 0 aromatic heterocycles. The average Bonchev–Trinajstić information content (AvgIpc) is 2.77. The Bertz CT molecular complexity index is 736. The third-order valence-corrected chi connectivity index (χ3v) is 4.63. The molecule has 0 radical (unpaired) electrons. The molecule has 0 bridgehead atoms. The molecule has 0 atom stereocenters. The molecule has 112 valence electrons. The molecule has 0 saturated heterocycles. The van der Waals surface area contributed by atoms with E-state index < -0.39 is 17.4 Å². The van der Waals surface area contributed by atoms with Gasteiger partial charge in [-0.3, -0.25) is 9.59 Å². The lowest BCUT2D eigenvalue weighted by atomic mass is 10.1. The normalized spacial score (nSPS) is 15.9. The molecule has 1 aliphatic rings. The number of benzene rings is 2. The van der Waals surface area contributed by atoms with Gasteiger partial charge in [0.1, 0.15) is 0 Å². The third-order valence-electron chi connectivity index (χ3n) is 3.63. The van der Waals surface area contributed by atoms with Gasteiger partial charge in [-0.1, -0.05) is 30.0 Å². The zero-order valence-corrected chi connectivity index (χ0v) is 13.0. The summed E-state index contributed by atoms with van der Waals surface area (Å²) in [4.78, 5) is 26.8. The number of Topliss-reactive ketones (excluding diaryl/α,β-unsaturated/α-hetero) is 2. The van der Waals surface area contributed by atoms with Crippen molar-refractivity contribution in [2.75, 3.05) is 14.2 Å². The molecule has 1 aliphatic carbocycles. The second kappa shape index (κ2) is 5.68. The van der Waals surface area contributed by atoms with Crippen LogP contribution in [0.1, 0.15) is 20.7 Å². The maximum Gasteiger partial charge on any atom is 0.299 e. The van der Waals surface area contributed by atoms with Crippen molar-refractivity contribution in [3.8, 4) is 0 Å². The van der Waals surface area contributed by atoms with Crippen molar-refractivity contribution in [1.82, 2.24) is 0 Å². The zero-order valence-electron chi connectivity index (χ0n) is 12.2. The molecule has 0 aliphatic heterocycles. The first-order valence-corrected chi connectivity index (χ1v) is 7.51. The van der Waals surface area contributed by atoms with Crippen LogP contribution in [0.3, 0.4) is 0 Å². The highest BCUT2D eigenvalue weighted by Crippen LogP contribution is 2.37. The summed E-state index contributed by atoms with van der Waals surface area (Å²) in [5.74, 6) is -2.74. The summed E-state index contributed by atoms with van der Waals surface area (Å²) >= 11 is 1.53. The van der Waals surface area contributed by atoms with Gasteiger partial charge in [-0.05, 0) is 30.3 Å². The zero-order chi connectivity index (χ0) is 15.7. The first kappa shape index (κ1) is 15.0. The minimum atomic E-state index is -1.83. The van der Waals surface area contributed by atoms with E-state index in [9.17, 15) is 9.59 Å². The summed E-state index contributed by atoms with van der Waals surface area (Å²) in [6, 6.07) is 15.0. The van der Waals surface area contributed by atoms with Crippen LogP contribution >= 0.6 is 11.8 Å². The van der Waals surface area contributed by atoms with E-state index in [1.807, 2.05) is 36.4 Å². The predicted octanol–water partition coefficient (Wildman–Crippen LogP) is 3.21. The quantitative estimate of drug-likeness (QED) is 0.641. The Morgan fingerprint density at radius 1 is 0.818 bits per heavy atom. The van der Waals surface area contributed by atoms with E-state index in [2.05, 4.69) is 0 Å². The van der Waals surface area contributed by atoms with Gasteiger partial charge in [0.25, 0.3) is 5.79 Å². The summed E-state index contributed by atoms with van der Waals surface area (Å²) < 4.78 is 10.2. The van der Waals surface area contributed by atoms with Gasteiger partial charge in [0.05, 0.1) is 0 Å². The molecule has 0 saturated carbocycles. The van der Waals surface area contributed by atoms with Gasteiger partial charge in [0.15, 0.2) is 0 Å². The van der Waals surface area contributed by atoms with Crippen LogP contribution in [-0.2, 0) is 9.47 Å². The van der Waals surface area contributed by atoms with Crippen molar-refractivity contribution in [3.05, 3.63) is 59.7 Å². The topological polar surface area (TPSA) is 52.6 Å². The molecule has 0 N–H and O–H groups in total. The van der Waals surface area contributed by atoms with Crippen LogP contribution in [0.4, 0.5) is 0 Å². The monoisotopic (exact) mass is 314 g/mol. The van der Waals surface area contributed by atoms with Crippen molar-refractivity contribution in [1.29, 1.82) is 0 Å². The van der Waals surface area contributed by atoms with E-state index in [-0.39, 0.29) is 0 Å². The summed E-state index contributed by atoms with van der Waals surface area (Å²) in [6.45, 7) is 0. The molecule has 4 nitrogen and oxygen atoms in total. The van der Waals surface area contributed by atoms with E-state index >= 15 is 0 Å². The molecule has 0 fully saturated rings. The first-order chi connectivity index (χ1) is 10.6. The van der Waals surface area contributed by atoms with Crippen molar-refractivity contribution in [2.45, 2.75) is 15.6 Å². The number of fused-ring (bicyclic) bond motifs is 1.